The fourth-order valence-electron chi connectivity index (χ4n) is 1.87. The molecule has 2 rings (SSSR count). The van der Waals surface area contributed by atoms with Gasteiger partial charge in [-0.3, -0.25) is 14.4 Å². The van der Waals surface area contributed by atoms with Gasteiger partial charge < -0.3 is 20.7 Å². The molecule has 3 N–H and O–H groups in total. The van der Waals surface area contributed by atoms with Crippen LogP contribution in [-0.2, 0) is 14.4 Å². The highest BCUT2D eigenvalue weighted by molar-refractivity contribution is 6.40. The fourth-order valence-corrected chi connectivity index (χ4v) is 2.06. The van der Waals surface area contributed by atoms with Crippen molar-refractivity contribution in [3.8, 4) is 5.75 Å². The predicted octanol–water partition coefficient (Wildman–Crippen LogP) is 2.04. The third kappa shape index (κ3) is 5.82. The number of halogens is 1. The monoisotopic (exact) mass is 361 g/mol. The van der Waals surface area contributed by atoms with Crippen molar-refractivity contribution in [1.29, 1.82) is 0 Å². The molecule has 0 saturated heterocycles. The van der Waals surface area contributed by atoms with Gasteiger partial charge in [0, 0.05) is 16.4 Å². The molecule has 0 unspecified atom stereocenters. The summed E-state index contributed by atoms with van der Waals surface area (Å²) in [6.45, 7) is -0.339. The fraction of sp³-hybridized carbons (Fsp3) is 0.118. The molecule has 8 heteroatoms. The summed E-state index contributed by atoms with van der Waals surface area (Å²) < 4.78 is 5.01. The Morgan fingerprint density at radius 3 is 2.32 bits per heavy atom. The zero-order valence-electron chi connectivity index (χ0n) is 13.3. The van der Waals surface area contributed by atoms with Crippen LogP contribution < -0.4 is 20.7 Å². The summed E-state index contributed by atoms with van der Waals surface area (Å²) in [6.07, 6.45) is 0. The summed E-state index contributed by atoms with van der Waals surface area (Å²) >= 11 is 5.79. The van der Waals surface area contributed by atoms with Gasteiger partial charge in [-0.05, 0) is 42.5 Å². The van der Waals surface area contributed by atoms with E-state index in [1.165, 1.54) is 13.2 Å². The number of hydrogen-bond acceptors (Lipinski definition) is 4. The zero-order chi connectivity index (χ0) is 18.2. The third-order valence-electron chi connectivity index (χ3n) is 3.07. The smallest absolute Gasteiger partial charge is 0.313 e. The number of carbonyl (C=O) groups excluding carboxylic acids is 3. The van der Waals surface area contributed by atoms with Crippen LogP contribution in [0, 0.1) is 0 Å². The lowest BCUT2D eigenvalue weighted by molar-refractivity contribution is -0.136. The Morgan fingerprint density at radius 1 is 0.960 bits per heavy atom. The number of benzene rings is 2. The van der Waals surface area contributed by atoms with Crippen molar-refractivity contribution < 1.29 is 19.1 Å². The van der Waals surface area contributed by atoms with Gasteiger partial charge in [-0.25, -0.2) is 0 Å². The molecule has 0 aliphatic carbocycles. The van der Waals surface area contributed by atoms with Crippen molar-refractivity contribution in [2.75, 3.05) is 24.3 Å². The lowest BCUT2D eigenvalue weighted by atomic mass is 10.3. The van der Waals surface area contributed by atoms with E-state index in [1.807, 2.05) is 0 Å². The molecule has 0 aliphatic rings. The highest BCUT2D eigenvalue weighted by Gasteiger charge is 2.15. The molecule has 3 amide bonds. The molecule has 0 bridgehead atoms. The normalized spacial score (nSPS) is 9.84. The topological polar surface area (TPSA) is 96.5 Å². The number of carbonyl (C=O) groups is 3. The molecule has 0 aliphatic heterocycles. The van der Waals surface area contributed by atoms with Gasteiger partial charge in [0.1, 0.15) is 5.75 Å². The van der Waals surface area contributed by atoms with Gasteiger partial charge in [0.2, 0.25) is 5.91 Å². The molecule has 130 valence electrons. The second-order valence-electron chi connectivity index (χ2n) is 4.92. The van der Waals surface area contributed by atoms with Crippen molar-refractivity contribution in [1.82, 2.24) is 5.32 Å². The average molecular weight is 362 g/mol. The first-order valence-corrected chi connectivity index (χ1v) is 7.64. The van der Waals surface area contributed by atoms with Crippen LogP contribution in [-0.4, -0.2) is 31.4 Å². The van der Waals surface area contributed by atoms with E-state index in [2.05, 4.69) is 16.0 Å². The largest absolute Gasteiger partial charge is 0.497 e. The number of anilines is 2. The molecular formula is C17H16ClN3O4. The van der Waals surface area contributed by atoms with Crippen molar-refractivity contribution in [2.45, 2.75) is 0 Å². The Labute approximate surface area is 149 Å². The molecule has 0 aromatic heterocycles. The van der Waals surface area contributed by atoms with E-state index in [9.17, 15) is 14.4 Å². The highest BCUT2D eigenvalue weighted by atomic mass is 35.5. The molecule has 0 heterocycles. The van der Waals surface area contributed by atoms with E-state index >= 15 is 0 Å². The van der Waals surface area contributed by atoms with Crippen LogP contribution in [0.4, 0.5) is 11.4 Å². The molecule has 2 aromatic rings. The lowest BCUT2D eigenvalue weighted by Gasteiger charge is -2.08. The first kappa shape index (κ1) is 18.3. The number of nitrogens with one attached hydrogen (secondary N) is 3. The first-order valence-electron chi connectivity index (χ1n) is 7.26. The maximum absolute atomic E-state index is 11.8. The van der Waals surface area contributed by atoms with Crippen molar-refractivity contribution in [3.63, 3.8) is 0 Å². The van der Waals surface area contributed by atoms with Gasteiger partial charge in [0.05, 0.1) is 13.7 Å². The van der Waals surface area contributed by atoms with Crippen LogP contribution in [0.2, 0.25) is 5.02 Å². The van der Waals surface area contributed by atoms with Crippen LogP contribution in [0.1, 0.15) is 0 Å². The highest BCUT2D eigenvalue weighted by Crippen LogP contribution is 2.15. The van der Waals surface area contributed by atoms with E-state index in [-0.39, 0.29) is 6.54 Å². The van der Waals surface area contributed by atoms with Gasteiger partial charge in [-0.1, -0.05) is 17.7 Å². The standard InChI is InChI=1S/C17H16ClN3O4/c1-25-14-7-5-12(6-8-14)20-15(22)10-19-16(23)17(24)21-13-4-2-3-11(18)9-13/h2-9H,10H2,1H3,(H,19,23)(H,20,22)(H,21,24). The Bertz CT molecular complexity index is 778. The number of rotatable bonds is 5. The molecule has 7 nitrogen and oxygen atoms in total. The van der Waals surface area contributed by atoms with E-state index in [1.54, 1.807) is 42.5 Å². The summed E-state index contributed by atoms with van der Waals surface area (Å²) in [5.74, 6) is -1.62. The average Bonchev–Trinajstić information content (AvgIpc) is 2.60. The van der Waals surface area contributed by atoms with E-state index in [4.69, 9.17) is 16.3 Å². The van der Waals surface area contributed by atoms with Crippen LogP contribution in [0.3, 0.4) is 0 Å². The predicted molar refractivity (Wildman–Crippen MR) is 94.7 cm³/mol. The minimum Gasteiger partial charge on any atom is -0.497 e. The lowest BCUT2D eigenvalue weighted by Crippen LogP contribution is -2.39. The first-order chi connectivity index (χ1) is 12.0. The maximum Gasteiger partial charge on any atom is 0.313 e. The molecule has 0 radical (unpaired) electrons. The summed E-state index contributed by atoms with van der Waals surface area (Å²) in [5, 5.41) is 7.64. The SMILES string of the molecule is COc1ccc(NC(=O)CNC(=O)C(=O)Nc2cccc(Cl)c2)cc1. The maximum atomic E-state index is 11.8. The summed E-state index contributed by atoms with van der Waals surface area (Å²) in [7, 11) is 1.54. The molecule has 0 saturated carbocycles. The number of methoxy groups -OCH3 is 1. The zero-order valence-corrected chi connectivity index (χ0v) is 14.1. The number of hydrogen-bond donors (Lipinski definition) is 3. The van der Waals surface area contributed by atoms with Gasteiger partial charge in [-0.2, -0.15) is 0 Å². The quantitative estimate of drug-likeness (QED) is 0.710. The third-order valence-corrected chi connectivity index (χ3v) is 3.31. The van der Waals surface area contributed by atoms with Crippen LogP contribution >= 0.6 is 11.6 Å². The van der Waals surface area contributed by atoms with Gasteiger partial charge in [0.15, 0.2) is 0 Å². The molecule has 0 spiro atoms. The summed E-state index contributed by atoms with van der Waals surface area (Å²) in [6, 6.07) is 13.1. The minimum atomic E-state index is -0.926. The second kappa shape index (κ2) is 8.70. The number of amides is 3. The molecular weight excluding hydrogens is 346 g/mol. The van der Waals surface area contributed by atoms with E-state index < -0.39 is 17.7 Å². The van der Waals surface area contributed by atoms with E-state index in [0.717, 1.165) is 0 Å². The second-order valence-corrected chi connectivity index (χ2v) is 5.36. The number of ether oxygens (including phenoxy) is 1. The van der Waals surface area contributed by atoms with Gasteiger partial charge in [-0.15, -0.1) is 0 Å². The van der Waals surface area contributed by atoms with Gasteiger partial charge >= 0.3 is 11.8 Å². The van der Waals surface area contributed by atoms with Crippen LogP contribution in [0.15, 0.2) is 48.5 Å². The minimum absolute atomic E-state index is 0.339. The van der Waals surface area contributed by atoms with Crippen molar-refractivity contribution in [3.05, 3.63) is 53.6 Å². The molecule has 0 fully saturated rings. The van der Waals surface area contributed by atoms with E-state index in [0.29, 0.717) is 22.1 Å². The van der Waals surface area contributed by atoms with Crippen LogP contribution in [0.5, 0.6) is 5.75 Å². The molecule has 25 heavy (non-hydrogen) atoms. The van der Waals surface area contributed by atoms with Crippen LogP contribution in [0.25, 0.3) is 0 Å². The molecule has 2 aromatic carbocycles. The Balaban J connectivity index is 1.79. The Morgan fingerprint density at radius 2 is 1.68 bits per heavy atom. The van der Waals surface area contributed by atoms with Crippen molar-refractivity contribution >= 4 is 40.7 Å². The summed E-state index contributed by atoms with van der Waals surface area (Å²) in [5.41, 5.74) is 0.929. The van der Waals surface area contributed by atoms with Crippen molar-refractivity contribution in [2.24, 2.45) is 0 Å². The Hall–Kier alpha value is -3.06. The molecule has 0 atom stereocenters. The Kier molecular flexibility index (Phi) is 6.36. The van der Waals surface area contributed by atoms with Gasteiger partial charge in [0.25, 0.3) is 0 Å². The summed E-state index contributed by atoms with van der Waals surface area (Å²) in [4.78, 5) is 35.3.